The first-order valence-corrected chi connectivity index (χ1v) is 5.54. The van der Waals surface area contributed by atoms with E-state index in [1.54, 1.807) is 4.57 Å². The van der Waals surface area contributed by atoms with Gasteiger partial charge in [0.25, 0.3) is 5.56 Å². The Morgan fingerprint density at radius 3 is 3.06 bits per heavy atom. The smallest absolute Gasteiger partial charge is 0.254 e. The van der Waals surface area contributed by atoms with E-state index in [0.29, 0.717) is 0 Å². The fraction of sp³-hybridized carbons (Fsp3) is 0.308. The lowest BCUT2D eigenvalue weighted by molar-refractivity contribution is 0.464. The molecule has 2 aromatic rings. The van der Waals surface area contributed by atoms with E-state index in [0.717, 1.165) is 29.3 Å². The molecule has 1 aliphatic heterocycles. The maximum Gasteiger partial charge on any atom is 0.254 e. The Labute approximate surface area is 93.0 Å². The van der Waals surface area contributed by atoms with Gasteiger partial charge >= 0.3 is 0 Å². The Bertz CT molecular complexity index is 628. The number of aromatic hydroxyl groups is 1. The van der Waals surface area contributed by atoms with Gasteiger partial charge in [0.05, 0.1) is 5.52 Å². The molecular formula is C13H13NO2. The number of aryl methyl sites for hydroxylation is 1. The molecule has 0 saturated carbocycles. The van der Waals surface area contributed by atoms with Crippen molar-refractivity contribution in [3.05, 3.63) is 40.2 Å². The summed E-state index contributed by atoms with van der Waals surface area (Å²) in [5.41, 5.74) is 1.96. The van der Waals surface area contributed by atoms with Crippen LogP contribution in [0.25, 0.3) is 10.9 Å². The molecule has 16 heavy (non-hydrogen) atoms. The van der Waals surface area contributed by atoms with Crippen LogP contribution in [0.2, 0.25) is 0 Å². The van der Waals surface area contributed by atoms with Gasteiger partial charge in [-0.1, -0.05) is 12.1 Å². The van der Waals surface area contributed by atoms with Gasteiger partial charge in [-0.25, -0.2) is 0 Å². The minimum atomic E-state index is -0.107. The number of hydrogen-bond donors (Lipinski definition) is 1. The van der Waals surface area contributed by atoms with E-state index in [1.807, 2.05) is 25.1 Å². The van der Waals surface area contributed by atoms with E-state index < -0.39 is 0 Å². The number of benzene rings is 1. The second-order valence-electron chi connectivity index (χ2n) is 4.44. The van der Waals surface area contributed by atoms with Gasteiger partial charge in [0.1, 0.15) is 5.75 Å². The van der Waals surface area contributed by atoms with Gasteiger partial charge in [-0.05, 0) is 31.4 Å². The Morgan fingerprint density at radius 1 is 1.44 bits per heavy atom. The van der Waals surface area contributed by atoms with Crippen LogP contribution < -0.4 is 5.56 Å². The molecule has 82 valence electrons. The van der Waals surface area contributed by atoms with E-state index in [2.05, 4.69) is 0 Å². The third-order valence-corrected chi connectivity index (χ3v) is 3.41. The molecule has 0 bridgehead atoms. The monoisotopic (exact) mass is 215 g/mol. The predicted molar refractivity (Wildman–Crippen MR) is 62.9 cm³/mol. The number of pyridine rings is 1. The molecule has 3 rings (SSSR count). The summed E-state index contributed by atoms with van der Waals surface area (Å²) < 4.78 is 1.80. The molecule has 0 fully saturated rings. The summed E-state index contributed by atoms with van der Waals surface area (Å²) in [7, 11) is 0. The number of aromatic nitrogens is 1. The van der Waals surface area contributed by atoms with Crippen LogP contribution in [0.15, 0.2) is 29.1 Å². The maximum absolute atomic E-state index is 11.9. The molecule has 1 aromatic carbocycles. The van der Waals surface area contributed by atoms with E-state index in [9.17, 15) is 9.90 Å². The molecule has 0 unspecified atom stereocenters. The van der Waals surface area contributed by atoms with Crippen molar-refractivity contribution < 1.29 is 5.11 Å². The van der Waals surface area contributed by atoms with E-state index in [4.69, 9.17) is 0 Å². The molecule has 3 nitrogen and oxygen atoms in total. The van der Waals surface area contributed by atoms with Gasteiger partial charge in [0.15, 0.2) is 0 Å². The second kappa shape index (κ2) is 3.11. The summed E-state index contributed by atoms with van der Waals surface area (Å²) >= 11 is 0. The fourth-order valence-electron chi connectivity index (χ4n) is 2.59. The first kappa shape index (κ1) is 9.46. The van der Waals surface area contributed by atoms with Crippen molar-refractivity contribution in [3.63, 3.8) is 0 Å². The normalized spacial score (nSPS) is 18.9. The number of hydrogen-bond acceptors (Lipinski definition) is 2. The van der Waals surface area contributed by atoms with Crippen LogP contribution >= 0.6 is 0 Å². The van der Waals surface area contributed by atoms with Gasteiger partial charge in [-0.2, -0.15) is 0 Å². The lowest BCUT2D eigenvalue weighted by Crippen LogP contribution is -2.26. The Balaban J connectivity index is 2.58. The van der Waals surface area contributed by atoms with Gasteiger partial charge in [0.2, 0.25) is 0 Å². The minimum Gasteiger partial charge on any atom is -0.507 e. The zero-order valence-electron chi connectivity index (χ0n) is 9.10. The lowest BCUT2D eigenvalue weighted by atomic mass is 9.97. The average Bonchev–Trinajstić information content (AvgIpc) is 2.26. The molecule has 0 amide bonds. The quantitative estimate of drug-likeness (QED) is 0.732. The third kappa shape index (κ3) is 1.11. The third-order valence-electron chi connectivity index (χ3n) is 3.41. The molecule has 3 heteroatoms. The van der Waals surface area contributed by atoms with Gasteiger partial charge in [-0.15, -0.1) is 0 Å². The van der Waals surface area contributed by atoms with Gasteiger partial charge in [-0.3, -0.25) is 4.79 Å². The molecule has 1 atom stereocenters. The van der Waals surface area contributed by atoms with Crippen molar-refractivity contribution in [2.24, 2.45) is 0 Å². The first-order valence-electron chi connectivity index (χ1n) is 5.54. The number of nitrogens with zero attached hydrogens (tertiary/aromatic N) is 1. The van der Waals surface area contributed by atoms with Crippen molar-refractivity contribution in [2.75, 3.05) is 0 Å². The minimum absolute atomic E-state index is 0.0900. The van der Waals surface area contributed by atoms with Crippen molar-refractivity contribution in [1.29, 1.82) is 0 Å². The summed E-state index contributed by atoms with van der Waals surface area (Å²) in [6, 6.07) is 7.35. The average molecular weight is 215 g/mol. The lowest BCUT2D eigenvalue weighted by Gasteiger charge is -2.25. The van der Waals surface area contributed by atoms with Crippen molar-refractivity contribution in [1.82, 2.24) is 4.57 Å². The molecule has 1 aliphatic rings. The molecule has 1 aromatic heterocycles. The summed E-state index contributed by atoms with van der Waals surface area (Å²) in [6.45, 7) is 2.05. The molecule has 0 radical (unpaired) electrons. The molecular weight excluding hydrogens is 202 g/mol. The zero-order chi connectivity index (χ0) is 11.3. The highest BCUT2D eigenvalue weighted by molar-refractivity contribution is 5.88. The van der Waals surface area contributed by atoms with Crippen LogP contribution in [0, 0.1) is 0 Å². The van der Waals surface area contributed by atoms with E-state index >= 15 is 0 Å². The number of para-hydroxylation sites is 1. The first-order chi connectivity index (χ1) is 7.68. The predicted octanol–water partition coefficient (Wildman–Crippen LogP) is 2.21. The van der Waals surface area contributed by atoms with Crippen LogP contribution in [0.5, 0.6) is 5.75 Å². The highest BCUT2D eigenvalue weighted by Gasteiger charge is 2.20. The fourth-order valence-corrected chi connectivity index (χ4v) is 2.59. The van der Waals surface area contributed by atoms with Crippen molar-refractivity contribution in [2.45, 2.75) is 25.8 Å². The SMILES string of the molecule is C[C@@H]1CCc2cccc3c(O)cc(=O)n1c23. The molecule has 0 spiro atoms. The van der Waals surface area contributed by atoms with Crippen LogP contribution in [-0.2, 0) is 6.42 Å². The molecule has 0 aliphatic carbocycles. The van der Waals surface area contributed by atoms with Crippen LogP contribution in [-0.4, -0.2) is 9.67 Å². The topological polar surface area (TPSA) is 42.2 Å². The maximum atomic E-state index is 11.9. The van der Waals surface area contributed by atoms with Crippen molar-refractivity contribution in [3.8, 4) is 5.75 Å². The Kier molecular flexibility index (Phi) is 1.84. The van der Waals surface area contributed by atoms with Gasteiger partial charge < -0.3 is 9.67 Å². The Hall–Kier alpha value is -1.77. The zero-order valence-corrected chi connectivity index (χ0v) is 9.10. The summed E-state index contributed by atoms with van der Waals surface area (Å²) in [5.74, 6) is 0.0900. The highest BCUT2D eigenvalue weighted by Crippen LogP contribution is 2.32. The number of rotatable bonds is 0. The molecule has 0 saturated heterocycles. The largest absolute Gasteiger partial charge is 0.507 e. The van der Waals surface area contributed by atoms with Crippen LogP contribution in [0.4, 0.5) is 0 Å². The standard InChI is InChI=1S/C13H13NO2/c1-8-5-6-9-3-2-4-10-11(15)7-12(16)14(8)13(9)10/h2-4,7-8,15H,5-6H2,1H3/t8-/m1/s1. The van der Waals surface area contributed by atoms with Gasteiger partial charge in [0, 0.05) is 17.5 Å². The molecule has 2 heterocycles. The summed E-state index contributed by atoms with van der Waals surface area (Å²) in [4.78, 5) is 11.9. The van der Waals surface area contributed by atoms with E-state index in [1.165, 1.54) is 6.07 Å². The summed E-state index contributed by atoms with van der Waals surface area (Å²) in [5, 5.41) is 10.6. The summed E-state index contributed by atoms with van der Waals surface area (Å²) in [6.07, 6.45) is 1.96. The van der Waals surface area contributed by atoms with Crippen molar-refractivity contribution >= 4 is 10.9 Å². The van der Waals surface area contributed by atoms with Crippen LogP contribution in [0.1, 0.15) is 24.9 Å². The Morgan fingerprint density at radius 2 is 2.25 bits per heavy atom. The second-order valence-corrected chi connectivity index (χ2v) is 4.44. The van der Waals surface area contributed by atoms with E-state index in [-0.39, 0.29) is 17.4 Å². The van der Waals surface area contributed by atoms with Crippen LogP contribution in [0.3, 0.4) is 0 Å². The molecule has 1 N–H and O–H groups in total. The highest BCUT2D eigenvalue weighted by atomic mass is 16.3.